The van der Waals surface area contributed by atoms with Crippen LogP contribution in [-0.4, -0.2) is 32.3 Å². The SMILES string of the molecule is C[C@@H]1C=C(C2CNC3NCCCC3C2)CNC1. The summed E-state index contributed by atoms with van der Waals surface area (Å²) in [7, 11) is 0. The summed E-state index contributed by atoms with van der Waals surface area (Å²) in [5, 5.41) is 10.9. The predicted molar refractivity (Wildman–Crippen MR) is 70.7 cm³/mol. The highest BCUT2D eigenvalue weighted by Crippen LogP contribution is 2.31. The van der Waals surface area contributed by atoms with Gasteiger partial charge in [-0.1, -0.05) is 18.6 Å². The molecule has 0 aromatic heterocycles. The molecule has 0 aromatic carbocycles. The van der Waals surface area contributed by atoms with E-state index in [9.17, 15) is 0 Å². The lowest BCUT2D eigenvalue weighted by atomic mass is 9.78. The van der Waals surface area contributed by atoms with Crippen LogP contribution in [0.1, 0.15) is 26.2 Å². The van der Waals surface area contributed by atoms with Gasteiger partial charge in [-0.15, -0.1) is 0 Å². The van der Waals surface area contributed by atoms with E-state index < -0.39 is 0 Å². The molecule has 0 aliphatic carbocycles. The Morgan fingerprint density at radius 2 is 2.18 bits per heavy atom. The Bertz CT molecular complexity index is 300. The van der Waals surface area contributed by atoms with Gasteiger partial charge in [0.2, 0.25) is 0 Å². The summed E-state index contributed by atoms with van der Waals surface area (Å²) < 4.78 is 0. The third-order valence-corrected chi connectivity index (χ3v) is 4.58. The van der Waals surface area contributed by atoms with Crippen LogP contribution in [0.2, 0.25) is 0 Å². The highest BCUT2D eigenvalue weighted by atomic mass is 15.1. The first-order valence-electron chi connectivity index (χ1n) is 7.21. The molecular formula is C14H25N3. The van der Waals surface area contributed by atoms with Gasteiger partial charge in [0, 0.05) is 19.6 Å². The second kappa shape index (κ2) is 5.09. The molecule has 2 saturated heterocycles. The topological polar surface area (TPSA) is 36.1 Å². The molecule has 0 amide bonds. The van der Waals surface area contributed by atoms with Crippen molar-refractivity contribution in [3.05, 3.63) is 11.6 Å². The van der Waals surface area contributed by atoms with Gasteiger partial charge in [0.1, 0.15) is 0 Å². The standard InChI is InChI=1S/C14H25N3/c1-10-5-12(8-15-7-10)13-6-11-3-2-4-16-14(11)17-9-13/h5,10-11,13-17H,2-4,6-9H2,1H3/t10-,11?,13?,14?/m1/s1. The van der Waals surface area contributed by atoms with Crippen LogP contribution in [0.15, 0.2) is 11.6 Å². The van der Waals surface area contributed by atoms with E-state index in [4.69, 9.17) is 0 Å². The summed E-state index contributed by atoms with van der Waals surface area (Å²) >= 11 is 0. The molecule has 0 bridgehead atoms. The van der Waals surface area contributed by atoms with Gasteiger partial charge in [-0.05, 0) is 43.6 Å². The maximum Gasteiger partial charge on any atom is 0.0601 e. The van der Waals surface area contributed by atoms with Crippen molar-refractivity contribution in [2.24, 2.45) is 17.8 Å². The predicted octanol–water partition coefficient (Wildman–Crippen LogP) is 1.09. The maximum atomic E-state index is 3.70. The Hall–Kier alpha value is -0.380. The first kappa shape index (κ1) is 11.7. The second-order valence-corrected chi connectivity index (χ2v) is 6.02. The minimum Gasteiger partial charge on any atom is -0.312 e. The van der Waals surface area contributed by atoms with Crippen LogP contribution < -0.4 is 16.0 Å². The summed E-state index contributed by atoms with van der Waals surface area (Å²) in [6, 6.07) is 0. The Kier molecular flexibility index (Phi) is 3.50. The van der Waals surface area contributed by atoms with E-state index in [1.807, 2.05) is 0 Å². The molecule has 0 saturated carbocycles. The van der Waals surface area contributed by atoms with Gasteiger partial charge in [-0.2, -0.15) is 0 Å². The molecule has 3 unspecified atom stereocenters. The van der Waals surface area contributed by atoms with Gasteiger partial charge in [0.25, 0.3) is 0 Å². The van der Waals surface area contributed by atoms with Crippen LogP contribution in [-0.2, 0) is 0 Å². The molecule has 3 heteroatoms. The van der Waals surface area contributed by atoms with Crippen molar-refractivity contribution in [2.75, 3.05) is 26.2 Å². The average molecular weight is 235 g/mol. The molecule has 17 heavy (non-hydrogen) atoms. The van der Waals surface area contributed by atoms with Gasteiger partial charge in [-0.3, -0.25) is 0 Å². The van der Waals surface area contributed by atoms with Crippen LogP contribution in [0.3, 0.4) is 0 Å². The highest BCUT2D eigenvalue weighted by molar-refractivity contribution is 5.15. The lowest BCUT2D eigenvalue weighted by Crippen LogP contribution is -2.56. The van der Waals surface area contributed by atoms with E-state index in [2.05, 4.69) is 29.0 Å². The molecule has 3 N–H and O–H groups in total. The zero-order valence-electron chi connectivity index (χ0n) is 10.8. The van der Waals surface area contributed by atoms with Crippen molar-refractivity contribution in [1.82, 2.24) is 16.0 Å². The van der Waals surface area contributed by atoms with Crippen LogP contribution in [0.4, 0.5) is 0 Å². The van der Waals surface area contributed by atoms with E-state index >= 15 is 0 Å². The summed E-state index contributed by atoms with van der Waals surface area (Å²) in [6.45, 7) is 6.93. The first-order chi connectivity index (χ1) is 8.33. The molecule has 3 nitrogen and oxygen atoms in total. The van der Waals surface area contributed by atoms with Crippen molar-refractivity contribution in [1.29, 1.82) is 0 Å². The highest BCUT2D eigenvalue weighted by Gasteiger charge is 2.33. The molecule has 96 valence electrons. The number of piperidine rings is 2. The summed E-state index contributed by atoms with van der Waals surface area (Å²) in [5.41, 5.74) is 1.65. The first-order valence-corrected chi connectivity index (χ1v) is 7.21. The zero-order chi connectivity index (χ0) is 11.7. The number of rotatable bonds is 1. The van der Waals surface area contributed by atoms with E-state index in [-0.39, 0.29) is 0 Å². The molecule has 3 rings (SSSR count). The molecule has 0 aromatic rings. The average Bonchev–Trinajstić information content (AvgIpc) is 2.38. The van der Waals surface area contributed by atoms with Crippen molar-refractivity contribution < 1.29 is 0 Å². The molecule has 0 radical (unpaired) electrons. The lowest BCUT2D eigenvalue weighted by Gasteiger charge is -2.42. The van der Waals surface area contributed by atoms with Gasteiger partial charge in [0.15, 0.2) is 0 Å². The second-order valence-electron chi connectivity index (χ2n) is 6.02. The number of hydrogen-bond acceptors (Lipinski definition) is 3. The third-order valence-electron chi connectivity index (χ3n) is 4.58. The zero-order valence-corrected chi connectivity index (χ0v) is 10.8. The monoisotopic (exact) mass is 235 g/mol. The number of fused-ring (bicyclic) bond motifs is 1. The van der Waals surface area contributed by atoms with Gasteiger partial charge < -0.3 is 16.0 Å². The largest absolute Gasteiger partial charge is 0.312 e. The molecule has 0 spiro atoms. The third kappa shape index (κ3) is 2.56. The molecule has 4 atom stereocenters. The van der Waals surface area contributed by atoms with Crippen molar-refractivity contribution in [3.63, 3.8) is 0 Å². The van der Waals surface area contributed by atoms with Crippen molar-refractivity contribution >= 4 is 0 Å². The molecular weight excluding hydrogens is 210 g/mol. The van der Waals surface area contributed by atoms with Crippen LogP contribution in [0.25, 0.3) is 0 Å². The summed E-state index contributed by atoms with van der Waals surface area (Å²) in [4.78, 5) is 0. The van der Waals surface area contributed by atoms with Crippen LogP contribution >= 0.6 is 0 Å². The van der Waals surface area contributed by atoms with E-state index in [0.29, 0.717) is 12.1 Å². The van der Waals surface area contributed by atoms with Gasteiger partial charge in [-0.25, -0.2) is 0 Å². The van der Waals surface area contributed by atoms with Crippen LogP contribution in [0, 0.1) is 17.8 Å². The van der Waals surface area contributed by atoms with E-state index in [0.717, 1.165) is 31.5 Å². The molecule has 3 aliphatic heterocycles. The molecule has 3 aliphatic rings. The van der Waals surface area contributed by atoms with Crippen molar-refractivity contribution in [2.45, 2.75) is 32.4 Å². The lowest BCUT2D eigenvalue weighted by molar-refractivity contribution is 0.162. The Balaban J connectivity index is 1.65. The quantitative estimate of drug-likeness (QED) is 0.595. The minimum atomic E-state index is 0.592. The van der Waals surface area contributed by atoms with Gasteiger partial charge >= 0.3 is 0 Å². The Labute approximate surface area is 104 Å². The number of nitrogens with one attached hydrogen (secondary N) is 3. The molecule has 2 fully saturated rings. The fraction of sp³-hybridized carbons (Fsp3) is 0.857. The summed E-state index contributed by atoms with van der Waals surface area (Å²) in [5.74, 6) is 2.33. The minimum absolute atomic E-state index is 0.592. The fourth-order valence-electron chi connectivity index (χ4n) is 3.66. The normalized spacial score (nSPS) is 42.8. The summed E-state index contributed by atoms with van der Waals surface area (Å²) in [6.07, 6.45) is 7.24. The number of hydrogen-bond donors (Lipinski definition) is 3. The van der Waals surface area contributed by atoms with E-state index in [1.165, 1.54) is 25.8 Å². The maximum absolute atomic E-state index is 3.70. The Morgan fingerprint density at radius 1 is 1.24 bits per heavy atom. The van der Waals surface area contributed by atoms with Crippen molar-refractivity contribution in [3.8, 4) is 0 Å². The van der Waals surface area contributed by atoms with E-state index in [1.54, 1.807) is 5.57 Å². The Morgan fingerprint density at radius 3 is 3.06 bits per heavy atom. The fourth-order valence-corrected chi connectivity index (χ4v) is 3.66. The van der Waals surface area contributed by atoms with Gasteiger partial charge in [0.05, 0.1) is 6.17 Å². The van der Waals surface area contributed by atoms with Crippen LogP contribution in [0.5, 0.6) is 0 Å². The molecule has 3 heterocycles. The smallest absolute Gasteiger partial charge is 0.0601 e.